The van der Waals surface area contributed by atoms with E-state index < -0.39 is 0 Å². The number of pyridine rings is 1. The number of anilines is 2. The molecule has 0 radical (unpaired) electrons. The predicted octanol–water partition coefficient (Wildman–Crippen LogP) is 2.49. The molecule has 0 spiro atoms. The largest absolute Gasteiger partial charge is 0.391 e. The number of Topliss-reactive ketones (excluding diaryl/α,β-unsaturated/α-hetero) is 1. The Morgan fingerprint density at radius 1 is 1.30 bits per heavy atom. The number of aromatic nitrogens is 1. The lowest BCUT2D eigenvalue weighted by atomic mass is 9.92. The van der Waals surface area contributed by atoms with Crippen molar-refractivity contribution in [3.05, 3.63) is 17.2 Å². The number of nitrogens with zero attached hydrogens (tertiary/aromatic N) is 1. The van der Waals surface area contributed by atoms with E-state index in [0.717, 1.165) is 37.7 Å². The maximum atomic E-state index is 11.8. The number of ketones is 1. The Kier molecular flexibility index (Phi) is 3.81. The van der Waals surface area contributed by atoms with Crippen LogP contribution in [0.4, 0.5) is 11.6 Å². The Labute approximate surface area is 122 Å². The molecule has 108 valence electrons. The standard InChI is InChI=1S/C14H18ClN3O2/c15-18-14-13-8(5-6-11(13)20)7-12(17-14)16-9-3-1-2-4-10(9)19/h7,9-10,19H,1-6H2,(H2,16,17,18)/t9-,10+/m1/s1. The summed E-state index contributed by atoms with van der Waals surface area (Å²) in [6.45, 7) is 0. The molecule has 0 bridgehead atoms. The van der Waals surface area contributed by atoms with Crippen molar-refractivity contribution in [3.63, 3.8) is 0 Å². The van der Waals surface area contributed by atoms with E-state index in [4.69, 9.17) is 11.8 Å². The number of fused-ring (bicyclic) bond motifs is 1. The van der Waals surface area contributed by atoms with E-state index in [9.17, 15) is 9.90 Å². The van der Waals surface area contributed by atoms with E-state index >= 15 is 0 Å². The van der Waals surface area contributed by atoms with E-state index in [1.807, 2.05) is 6.07 Å². The van der Waals surface area contributed by atoms with Gasteiger partial charge in [0.15, 0.2) is 11.6 Å². The molecule has 0 aromatic carbocycles. The normalized spacial score (nSPS) is 25.4. The number of halogens is 1. The van der Waals surface area contributed by atoms with E-state index in [2.05, 4.69) is 15.1 Å². The number of hydrogen-bond donors (Lipinski definition) is 3. The average molecular weight is 296 g/mol. The topological polar surface area (TPSA) is 74.2 Å². The highest BCUT2D eigenvalue weighted by atomic mass is 35.5. The van der Waals surface area contributed by atoms with Gasteiger partial charge in [0.05, 0.1) is 17.7 Å². The van der Waals surface area contributed by atoms with Crippen molar-refractivity contribution in [2.75, 3.05) is 10.2 Å². The third-order valence-corrected chi connectivity index (χ3v) is 4.33. The molecule has 1 fully saturated rings. The molecule has 20 heavy (non-hydrogen) atoms. The molecule has 6 heteroatoms. The zero-order valence-electron chi connectivity index (χ0n) is 11.2. The quantitative estimate of drug-likeness (QED) is 0.747. The van der Waals surface area contributed by atoms with E-state index in [-0.39, 0.29) is 17.9 Å². The van der Waals surface area contributed by atoms with Crippen LogP contribution in [0.5, 0.6) is 0 Å². The first kappa shape index (κ1) is 13.6. The first-order valence-electron chi connectivity index (χ1n) is 7.07. The molecule has 0 amide bonds. The number of aliphatic hydroxyl groups is 1. The second-order valence-corrected chi connectivity index (χ2v) is 5.70. The van der Waals surface area contributed by atoms with Crippen LogP contribution in [0.2, 0.25) is 0 Å². The van der Waals surface area contributed by atoms with Crippen molar-refractivity contribution >= 4 is 29.2 Å². The zero-order chi connectivity index (χ0) is 14.1. The maximum absolute atomic E-state index is 11.8. The molecule has 1 saturated carbocycles. The highest BCUT2D eigenvalue weighted by Crippen LogP contribution is 2.31. The monoisotopic (exact) mass is 295 g/mol. The second kappa shape index (κ2) is 5.58. The fraction of sp³-hybridized carbons (Fsp3) is 0.571. The summed E-state index contributed by atoms with van der Waals surface area (Å²) in [5, 5.41) is 13.3. The lowest BCUT2D eigenvalue weighted by Gasteiger charge is -2.29. The van der Waals surface area contributed by atoms with Gasteiger partial charge in [-0.1, -0.05) is 12.8 Å². The van der Waals surface area contributed by atoms with Crippen LogP contribution in [0.15, 0.2) is 6.07 Å². The van der Waals surface area contributed by atoms with Crippen molar-refractivity contribution in [3.8, 4) is 0 Å². The summed E-state index contributed by atoms with van der Waals surface area (Å²) in [5.74, 6) is 1.17. The molecule has 2 atom stereocenters. The second-order valence-electron chi connectivity index (χ2n) is 5.51. The van der Waals surface area contributed by atoms with Gasteiger partial charge < -0.3 is 10.4 Å². The Balaban J connectivity index is 1.85. The van der Waals surface area contributed by atoms with E-state index in [1.54, 1.807) is 0 Å². The van der Waals surface area contributed by atoms with Gasteiger partial charge in [0, 0.05) is 18.2 Å². The molecule has 3 rings (SSSR count). The van der Waals surface area contributed by atoms with Gasteiger partial charge in [0.25, 0.3) is 0 Å². The van der Waals surface area contributed by atoms with Crippen molar-refractivity contribution in [2.45, 2.75) is 50.7 Å². The molecule has 3 N–H and O–H groups in total. The number of hydrogen-bond acceptors (Lipinski definition) is 5. The van der Waals surface area contributed by atoms with Crippen LogP contribution in [0.1, 0.15) is 48.0 Å². The minimum absolute atomic E-state index is 0.0228. The van der Waals surface area contributed by atoms with E-state index in [0.29, 0.717) is 23.6 Å². The van der Waals surface area contributed by atoms with Gasteiger partial charge in [-0.25, -0.2) is 4.98 Å². The molecule has 1 heterocycles. The summed E-state index contributed by atoms with van der Waals surface area (Å²) in [7, 11) is 0. The summed E-state index contributed by atoms with van der Waals surface area (Å²) < 4.78 is 0. The number of carbonyl (C=O) groups excluding carboxylic acids is 1. The zero-order valence-corrected chi connectivity index (χ0v) is 11.9. The Morgan fingerprint density at radius 3 is 2.85 bits per heavy atom. The van der Waals surface area contributed by atoms with Gasteiger partial charge in [-0.2, -0.15) is 0 Å². The van der Waals surface area contributed by atoms with Gasteiger partial charge in [-0.05, 0) is 30.9 Å². The van der Waals surface area contributed by atoms with Gasteiger partial charge in [-0.15, -0.1) is 0 Å². The smallest absolute Gasteiger partial charge is 0.167 e. The summed E-state index contributed by atoms with van der Waals surface area (Å²) in [4.78, 5) is 18.6. The highest BCUT2D eigenvalue weighted by molar-refractivity contribution is 6.25. The lowest BCUT2D eigenvalue weighted by Crippen LogP contribution is -2.36. The SMILES string of the molecule is O=C1CCc2cc(N[C@@H]3CCCC[C@@H]3O)nc(NCl)c21. The van der Waals surface area contributed by atoms with Crippen molar-refractivity contribution in [1.29, 1.82) is 0 Å². The number of aryl methyl sites for hydroxylation is 1. The van der Waals surface area contributed by atoms with Gasteiger partial charge in [0.1, 0.15) is 5.82 Å². The van der Waals surface area contributed by atoms with Crippen LogP contribution < -0.4 is 10.2 Å². The first-order valence-corrected chi connectivity index (χ1v) is 7.45. The molecule has 2 aliphatic carbocycles. The summed E-state index contributed by atoms with van der Waals surface area (Å²) in [5.41, 5.74) is 1.58. The third kappa shape index (κ3) is 2.47. The Bertz CT molecular complexity index is 535. The lowest BCUT2D eigenvalue weighted by molar-refractivity contribution is 0.0995. The van der Waals surface area contributed by atoms with Gasteiger partial charge in [0.2, 0.25) is 0 Å². The third-order valence-electron chi connectivity index (χ3n) is 4.15. The number of nitrogens with one attached hydrogen (secondary N) is 2. The van der Waals surface area contributed by atoms with Crippen LogP contribution in [-0.2, 0) is 6.42 Å². The van der Waals surface area contributed by atoms with Gasteiger partial charge >= 0.3 is 0 Å². The van der Waals surface area contributed by atoms with Crippen molar-refractivity contribution in [2.24, 2.45) is 0 Å². The first-order chi connectivity index (χ1) is 9.69. The van der Waals surface area contributed by atoms with Crippen molar-refractivity contribution in [1.82, 2.24) is 4.98 Å². The Hall–Kier alpha value is -1.33. The molecule has 2 aliphatic rings. The van der Waals surface area contributed by atoms with Crippen LogP contribution in [-0.4, -0.2) is 28.0 Å². The van der Waals surface area contributed by atoms with Gasteiger partial charge in [-0.3, -0.25) is 9.63 Å². The highest BCUT2D eigenvalue weighted by Gasteiger charge is 2.27. The maximum Gasteiger partial charge on any atom is 0.167 e. The van der Waals surface area contributed by atoms with Crippen LogP contribution in [0.3, 0.4) is 0 Å². The molecule has 0 saturated heterocycles. The predicted molar refractivity (Wildman–Crippen MR) is 78.2 cm³/mol. The molecular formula is C14H18ClN3O2. The summed E-state index contributed by atoms with van der Waals surface area (Å²) in [6, 6.07) is 1.92. The summed E-state index contributed by atoms with van der Waals surface area (Å²) >= 11 is 5.68. The number of carbonyl (C=O) groups is 1. The fourth-order valence-corrected chi connectivity index (χ4v) is 3.23. The molecular weight excluding hydrogens is 278 g/mol. The molecule has 0 unspecified atom stereocenters. The molecule has 5 nitrogen and oxygen atoms in total. The molecule has 0 aliphatic heterocycles. The minimum atomic E-state index is -0.340. The van der Waals surface area contributed by atoms with Crippen molar-refractivity contribution < 1.29 is 9.90 Å². The molecule has 1 aromatic rings. The van der Waals surface area contributed by atoms with Crippen LogP contribution >= 0.6 is 11.8 Å². The number of aliphatic hydroxyl groups excluding tert-OH is 1. The van der Waals surface area contributed by atoms with Crippen LogP contribution in [0, 0.1) is 0 Å². The molecule has 1 aromatic heterocycles. The van der Waals surface area contributed by atoms with E-state index in [1.165, 1.54) is 0 Å². The minimum Gasteiger partial charge on any atom is -0.391 e. The van der Waals surface area contributed by atoms with Crippen LogP contribution in [0.25, 0.3) is 0 Å². The fourth-order valence-electron chi connectivity index (χ4n) is 3.09. The summed E-state index contributed by atoms with van der Waals surface area (Å²) in [6.07, 6.45) is 4.83. The average Bonchev–Trinajstić information content (AvgIpc) is 2.82. The Morgan fingerprint density at radius 2 is 2.10 bits per heavy atom. The number of rotatable bonds is 3.